The topological polar surface area (TPSA) is 80.5 Å². The molecule has 1 heterocycles. The number of hydrogen-bond donors (Lipinski definition) is 2. The minimum absolute atomic E-state index is 0.301. The van der Waals surface area contributed by atoms with Crippen molar-refractivity contribution < 1.29 is 22.7 Å². The summed E-state index contributed by atoms with van der Waals surface area (Å²) in [6, 6.07) is 16.3. The molecule has 0 aliphatic carbocycles. The molecule has 0 saturated heterocycles. The number of halogens is 3. The van der Waals surface area contributed by atoms with Crippen molar-refractivity contribution in [3.8, 4) is 11.4 Å². The molecule has 2 N–H and O–H groups in total. The third kappa shape index (κ3) is 6.33. The molecule has 180 valence electrons. The lowest BCUT2D eigenvalue weighted by molar-refractivity contribution is -0.274. The maximum atomic E-state index is 12.3. The molecule has 0 atom stereocenters. The van der Waals surface area contributed by atoms with E-state index in [1.54, 1.807) is 17.1 Å². The Kier molecular flexibility index (Phi) is 6.97. The van der Waals surface area contributed by atoms with E-state index in [4.69, 9.17) is 0 Å². The van der Waals surface area contributed by atoms with E-state index in [1.807, 2.05) is 50.2 Å². The second-order valence-electron chi connectivity index (χ2n) is 7.58. The number of ether oxygens (including phenoxy) is 1. The molecule has 1 aromatic heterocycles. The van der Waals surface area contributed by atoms with Gasteiger partial charge in [0.15, 0.2) is 0 Å². The van der Waals surface area contributed by atoms with Crippen molar-refractivity contribution in [2.75, 3.05) is 5.32 Å². The van der Waals surface area contributed by atoms with Crippen molar-refractivity contribution in [1.29, 1.82) is 0 Å². The first-order valence-corrected chi connectivity index (χ1v) is 11.1. The van der Waals surface area contributed by atoms with Crippen LogP contribution in [-0.4, -0.2) is 28.4 Å². The minimum atomic E-state index is -4.74. The van der Waals surface area contributed by atoms with E-state index in [0.717, 1.165) is 39.9 Å². The summed E-state index contributed by atoms with van der Waals surface area (Å²) in [5.41, 5.74) is 4.72. The summed E-state index contributed by atoms with van der Waals surface area (Å²) in [6.45, 7) is 3.84. The number of hydrogen-bond acceptors (Lipinski definition) is 5. The summed E-state index contributed by atoms with van der Waals surface area (Å²) in [7, 11) is 0. The van der Waals surface area contributed by atoms with Crippen molar-refractivity contribution in [2.45, 2.75) is 20.2 Å². The Balaban J connectivity index is 1.37. The van der Waals surface area contributed by atoms with Gasteiger partial charge in [-0.2, -0.15) is 5.10 Å². The SMILES string of the molecule is Cc1cccc(C)c1NC(=O)NSN=Cc1ccc2cn(-c3ccc(OC(F)(F)F)cc3)nc2c1. The number of aromatic nitrogens is 2. The van der Waals surface area contributed by atoms with Crippen molar-refractivity contribution in [2.24, 2.45) is 4.40 Å². The van der Waals surface area contributed by atoms with Crippen molar-refractivity contribution in [3.05, 3.63) is 83.6 Å². The Morgan fingerprint density at radius 1 is 1.09 bits per heavy atom. The van der Waals surface area contributed by atoms with Gasteiger partial charge in [0.1, 0.15) is 5.75 Å². The largest absolute Gasteiger partial charge is 0.573 e. The summed E-state index contributed by atoms with van der Waals surface area (Å²) in [5, 5.41) is 8.13. The average Bonchev–Trinajstić information content (AvgIpc) is 3.22. The van der Waals surface area contributed by atoms with Gasteiger partial charge in [-0.05, 0) is 60.9 Å². The van der Waals surface area contributed by atoms with Crippen LogP contribution in [0.5, 0.6) is 5.75 Å². The van der Waals surface area contributed by atoms with E-state index in [9.17, 15) is 18.0 Å². The van der Waals surface area contributed by atoms with Crippen LogP contribution in [0.25, 0.3) is 16.6 Å². The minimum Gasteiger partial charge on any atom is -0.406 e. The van der Waals surface area contributed by atoms with Crippen molar-refractivity contribution in [3.63, 3.8) is 0 Å². The fourth-order valence-electron chi connectivity index (χ4n) is 3.35. The van der Waals surface area contributed by atoms with Crippen molar-refractivity contribution in [1.82, 2.24) is 14.5 Å². The number of para-hydroxylation sites is 1. The van der Waals surface area contributed by atoms with Crippen LogP contribution in [-0.2, 0) is 0 Å². The van der Waals surface area contributed by atoms with Gasteiger partial charge in [-0.1, -0.05) is 30.3 Å². The fourth-order valence-corrected chi connectivity index (χ4v) is 3.71. The molecule has 35 heavy (non-hydrogen) atoms. The maximum absolute atomic E-state index is 12.3. The Labute approximate surface area is 203 Å². The highest BCUT2D eigenvalue weighted by Gasteiger charge is 2.31. The molecule has 0 bridgehead atoms. The number of nitrogens with zero attached hydrogens (tertiary/aromatic N) is 3. The number of fused-ring (bicyclic) bond motifs is 1. The van der Waals surface area contributed by atoms with Crippen LogP contribution in [0.15, 0.2) is 71.3 Å². The van der Waals surface area contributed by atoms with Crippen LogP contribution in [0.4, 0.5) is 23.7 Å². The number of carbonyl (C=O) groups excluding carboxylic acids is 1. The second kappa shape index (κ2) is 10.1. The fraction of sp³-hybridized carbons (Fsp3) is 0.125. The standard InChI is InChI=1S/C24H20F3N5O2S/c1-15-4-3-5-16(2)22(15)29-23(33)31-35-28-13-17-6-7-18-14-32(30-21(18)12-17)19-8-10-20(11-9-19)34-24(25,26)27/h3-14H,1-2H3,(H2,29,31,33). The quantitative estimate of drug-likeness (QED) is 0.240. The number of amides is 2. The van der Waals surface area contributed by atoms with Gasteiger partial charge in [-0.15, -0.1) is 13.2 Å². The lowest BCUT2D eigenvalue weighted by Gasteiger charge is -2.10. The number of anilines is 1. The maximum Gasteiger partial charge on any atom is 0.573 e. The number of alkyl halides is 3. The number of urea groups is 1. The zero-order chi connectivity index (χ0) is 25.0. The second-order valence-corrected chi connectivity index (χ2v) is 8.18. The highest BCUT2D eigenvalue weighted by Crippen LogP contribution is 2.24. The van der Waals surface area contributed by atoms with Gasteiger partial charge in [0.2, 0.25) is 0 Å². The van der Waals surface area contributed by atoms with Gasteiger partial charge in [0.25, 0.3) is 0 Å². The third-order valence-electron chi connectivity index (χ3n) is 4.98. The Hall–Kier alpha value is -3.99. The number of benzene rings is 3. The predicted molar refractivity (Wildman–Crippen MR) is 131 cm³/mol. The highest BCUT2D eigenvalue weighted by atomic mass is 32.2. The zero-order valence-electron chi connectivity index (χ0n) is 18.6. The first-order valence-electron chi connectivity index (χ1n) is 10.4. The van der Waals surface area contributed by atoms with E-state index in [2.05, 4.69) is 24.3 Å². The Morgan fingerprint density at radius 3 is 2.49 bits per heavy atom. The summed E-state index contributed by atoms with van der Waals surface area (Å²) in [5.74, 6) is -0.301. The third-order valence-corrected chi connectivity index (χ3v) is 5.47. The summed E-state index contributed by atoms with van der Waals surface area (Å²) < 4.78 is 49.2. The van der Waals surface area contributed by atoms with Crippen LogP contribution < -0.4 is 14.8 Å². The first-order chi connectivity index (χ1) is 16.7. The lowest BCUT2D eigenvalue weighted by atomic mass is 10.1. The van der Waals surface area contributed by atoms with Gasteiger partial charge in [0, 0.05) is 23.5 Å². The Bertz CT molecular complexity index is 1360. The number of nitrogens with one attached hydrogen (secondary N) is 2. The molecule has 0 aliphatic heterocycles. The predicted octanol–water partition coefficient (Wildman–Crippen LogP) is 6.34. The molecule has 0 spiro atoms. The van der Waals surface area contributed by atoms with Gasteiger partial charge >= 0.3 is 12.4 Å². The van der Waals surface area contributed by atoms with E-state index >= 15 is 0 Å². The summed E-state index contributed by atoms with van der Waals surface area (Å²) in [6.07, 6.45) is -1.38. The lowest BCUT2D eigenvalue weighted by Crippen LogP contribution is -2.23. The average molecular weight is 500 g/mol. The van der Waals surface area contributed by atoms with Crippen LogP contribution in [0.1, 0.15) is 16.7 Å². The van der Waals surface area contributed by atoms with E-state index in [1.165, 1.54) is 24.3 Å². The number of rotatable bonds is 6. The molecule has 4 rings (SSSR count). The molecule has 3 aromatic carbocycles. The van der Waals surface area contributed by atoms with Crippen LogP contribution in [0.2, 0.25) is 0 Å². The molecular formula is C24H20F3N5O2S. The van der Waals surface area contributed by atoms with Crippen LogP contribution in [0.3, 0.4) is 0 Å². The van der Waals surface area contributed by atoms with Gasteiger partial charge < -0.3 is 10.1 Å². The molecule has 0 aliphatic rings. The molecule has 0 saturated carbocycles. The molecule has 2 amide bonds. The van der Waals surface area contributed by atoms with Crippen LogP contribution in [0, 0.1) is 13.8 Å². The molecule has 0 fully saturated rings. The molecule has 4 aromatic rings. The van der Waals surface area contributed by atoms with Crippen molar-refractivity contribution >= 4 is 41.0 Å². The van der Waals surface area contributed by atoms with Gasteiger partial charge in [0.05, 0.1) is 23.3 Å². The van der Waals surface area contributed by atoms with Crippen LogP contribution >= 0.6 is 12.1 Å². The van der Waals surface area contributed by atoms with E-state index in [0.29, 0.717) is 11.2 Å². The normalized spacial score (nSPS) is 11.7. The molecular weight excluding hydrogens is 479 g/mol. The van der Waals surface area contributed by atoms with E-state index < -0.39 is 6.36 Å². The summed E-state index contributed by atoms with van der Waals surface area (Å²) >= 11 is 0.890. The molecule has 0 unspecified atom stereocenters. The number of carbonyl (C=O) groups is 1. The summed E-state index contributed by atoms with van der Waals surface area (Å²) in [4.78, 5) is 12.1. The highest BCUT2D eigenvalue weighted by molar-refractivity contribution is 7.96. The molecule has 0 radical (unpaired) electrons. The smallest absolute Gasteiger partial charge is 0.406 e. The van der Waals surface area contributed by atoms with Gasteiger partial charge in [-0.25, -0.2) is 13.9 Å². The molecule has 11 heteroatoms. The van der Waals surface area contributed by atoms with E-state index in [-0.39, 0.29) is 11.8 Å². The Morgan fingerprint density at radius 2 is 1.80 bits per heavy atom. The number of aryl methyl sites for hydroxylation is 2. The zero-order valence-corrected chi connectivity index (χ0v) is 19.4. The van der Waals surface area contributed by atoms with Gasteiger partial charge in [-0.3, -0.25) is 4.72 Å². The monoisotopic (exact) mass is 499 g/mol. The first kappa shape index (κ1) is 24.1. The molecule has 7 nitrogen and oxygen atoms in total.